The molecule has 0 spiro atoms. The van der Waals surface area contributed by atoms with Gasteiger partial charge in [0.2, 0.25) is 10.0 Å². The molecule has 152 valence electrons. The Labute approximate surface area is 165 Å². The third-order valence-corrected chi connectivity index (χ3v) is 6.45. The number of ether oxygens (including phenoxy) is 3. The zero-order valence-electron chi connectivity index (χ0n) is 15.9. The lowest BCUT2D eigenvalue weighted by molar-refractivity contribution is -0.0516. The first kappa shape index (κ1) is 20.6. The van der Waals surface area contributed by atoms with Crippen molar-refractivity contribution in [1.82, 2.24) is 4.31 Å². The maximum Gasteiger partial charge on any atom is 0.243 e. The van der Waals surface area contributed by atoms with Crippen LogP contribution in [0.3, 0.4) is 0 Å². The second-order valence-corrected chi connectivity index (χ2v) is 8.43. The van der Waals surface area contributed by atoms with Crippen LogP contribution in [0.2, 0.25) is 0 Å². The molecule has 0 aromatic heterocycles. The van der Waals surface area contributed by atoms with Crippen LogP contribution in [0.1, 0.15) is 13.8 Å². The van der Waals surface area contributed by atoms with Crippen molar-refractivity contribution >= 4 is 10.0 Å². The summed E-state index contributed by atoms with van der Waals surface area (Å²) in [6.07, 6.45) is -0.506. The molecule has 1 fully saturated rings. The molecule has 1 heterocycles. The second kappa shape index (κ2) is 8.91. The minimum atomic E-state index is -3.69. The summed E-state index contributed by atoms with van der Waals surface area (Å²) < 4.78 is 43.9. The fourth-order valence-corrected chi connectivity index (χ4v) is 4.61. The molecule has 0 radical (unpaired) electrons. The van der Waals surface area contributed by atoms with Crippen molar-refractivity contribution in [3.63, 3.8) is 0 Å². The highest BCUT2D eigenvalue weighted by molar-refractivity contribution is 7.89. The van der Waals surface area contributed by atoms with Gasteiger partial charge in [-0.1, -0.05) is 0 Å². The predicted molar refractivity (Wildman–Crippen MR) is 104 cm³/mol. The van der Waals surface area contributed by atoms with Crippen LogP contribution in [0, 0.1) is 0 Å². The summed E-state index contributed by atoms with van der Waals surface area (Å²) in [4.78, 5) is 0.178. The molecule has 0 bridgehead atoms. The number of hydrogen-bond donors (Lipinski definition) is 1. The highest BCUT2D eigenvalue weighted by atomic mass is 32.2. The van der Waals surface area contributed by atoms with Gasteiger partial charge >= 0.3 is 0 Å². The standard InChI is InChI=1S/C20H25NO6S/c1-3-25-16-4-6-17(7-5-16)27-18-8-10-20(11-9-18)28(23,24)21-12-19(13-22)26-14-15(21)2/h4-11,15,19,22H,3,12-14H2,1-2H3. The summed E-state index contributed by atoms with van der Waals surface area (Å²) in [5.74, 6) is 1.93. The molecule has 2 unspecified atom stereocenters. The zero-order chi connectivity index (χ0) is 20.1. The lowest BCUT2D eigenvalue weighted by Gasteiger charge is -2.36. The van der Waals surface area contributed by atoms with Gasteiger partial charge in [-0.3, -0.25) is 0 Å². The Morgan fingerprint density at radius 2 is 1.64 bits per heavy atom. The minimum Gasteiger partial charge on any atom is -0.494 e. The van der Waals surface area contributed by atoms with Gasteiger partial charge in [0.15, 0.2) is 0 Å². The van der Waals surface area contributed by atoms with E-state index in [1.807, 2.05) is 19.1 Å². The Balaban J connectivity index is 1.72. The lowest BCUT2D eigenvalue weighted by atomic mass is 10.2. The molecule has 28 heavy (non-hydrogen) atoms. The first-order chi connectivity index (χ1) is 13.4. The molecule has 0 amide bonds. The molecule has 1 N–H and O–H groups in total. The van der Waals surface area contributed by atoms with Crippen molar-refractivity contribution < 1.29 is 27.7 Å². The van der Waals surface area contributed by atoms with E-state index in [0.29, 0.717) is 18.1 Å². The summed E-state index contributed by atoms with van der Waals surface area (Å²) in [6, 6.07) is 13.2. The third kappa shape index (κ3) is 4.64. The third-order valence-electron chi connectivity index (χ3n) is 4.45. The van der Waals surface area contributed by atoms with Crippen LogP contribution >= 0.6 is 0 Å². The SMILES string of the molecule is CCOc1ccc(Oc2ccc(S(=O)(=O)N3CC(CO)OCC3C)cc2)cc1. The monoisotopic (exact) mass is 407 g/mol. The molecule has 2 atom stereocenters. The quantitative estimate of drug-likeness (QED) is 0.760. The van der Waals surface area contributed by atoms with E-state index in [9.17, 15) is 13.5 Å². The predicted octanol–water partition coefficient (Wildman–Crippen LogP) is 2.65. The minimum absolute atomic E-state index is 0.129. The highest BCUT2D eigenvalue weighted by Crippen LogP contribution is 2.27. The number of rotatable bonds is 7. The van der Waals surface area contributed by atoms with Crippen molar-refractivity contribution in [3.8, 4) is 17.2 Å². The van der Waals surface area contributed by atoms with Crippen LogP contribution in [0.5, 0.6) is 17.2 Å². The van der Waals surface area contributed by atoms with Crippen LogP contribution in [0.25, 0.3) is 0 Å². The number of hydrogen-bond acceptors (Lipinski definition) is 6. The summed E-state index contributed by atoms with van der Waals surface area (Å²) in [7, 11) is -3.69. The number of aliphatic hydroxyl groups excluding tert-OH is 1. The van der Waals surface area contributed by atoms with Gasteiger partial charge in [0.1, 0.15) is 17.2 Å². The number of aliphatic hydroxyl groups is 1. The van der Waals surface area contributed by atoms with Crippen LogP contribution in [0.4, 0.5) is 0 Å². The van der Waals surface area contributed by atoms with E-state index in [2.05, 4.69) is 0 Å². The molecule has 0 aliphatic carbocycles. The topological polar surface area (TPSA) is 85.3 Å². The van der Waals surface area contributed by atoms with E-state index in [1.165, 1.54) is 16.4 Å². The Morgan fingerprint density at radius 1 is 1.07 bits per heavy atom. The normalized spacial score (nSPS) is 20.7. The molecule has 1 aliphatic rings. The van der Waals surface area contributed by atoms with Crippen molar-refractivity contribution in [2.75, 3.05) is 26.4 Å². The van der Waals surface area contributed by atoms with Gasteiger partial charge in [0, 0.05) is 12.6 Å². The summed E-state index contributed by atoms with van der Waals surface area (Å²) in [6.45, 7) is 4.47. The van der Waals surface area contributed by atoms with Gasteiger partial charge in [-0.2, -0.15) is 4.31 Å². The first-order valence-corrected chi connectivity index (χ1v) is 10.6. The fourth-order valence-electron chi connectivity index (χ4n) is 2.96. The summed E-state index contributed by atoms with van der Waals surface area (Å²) >= 11 is 0. The number of nitrogens with zero attached hydrogens (tertiary/aromatic N) is 1. The Bertz CT molecular complexity index is 867. The van der Waals surface area contributed by atoms with Crippen molar-refractivity contribution in [2.45, 2.75) is 30.9 Å². The van der Waals surface area contributed by atoms with E-state index >= 15 is 0 Å². The lowest BCUT2D eigenvalue weighted by Crippen LogP contribution is -2.51. The van der Waals surface area contributed by atoms with Crippen molar-refractivity contribution in [1.29, 1.82) is 0 Å². The van der Waals surface area contributed by atoms with Gasteiger partial charge in [-0.05, 0) is 62.4 Å². The van der Waals surface area contributed by atoms with Crippen LogP contribution in [0.15, 0.2) is 53.4 Å². The molecule has 1 saturated heterocycles. The van der Waals surface area contributed by atoms with Crippen molar-refractivity contribution in [3.05, 3.63) is 48.5 Å². The molecular weight excluding hydrogens is 382 g/mol. The molecule has 7 nitrogen and oxygen atoms in total. The average molecular weight is 407 g/mol. The van der Waals surface area contributed by atoms with Gasteiger partial charge in [-0.25, -0.2) is 8.42 Å². The highest BCUT2D eigenvalue weighted by Gasteiger charge is 2.35. The van der Waals surface area contributed by atoms with E-state index in [-0.39, 0.29) is 30.7 Å². The largest absolute Gasteiger partial charge is 0.494 e. The molecule has 1 aliphatic heterocycles. The van der Waals surface area contributed by atoms with E-state index in [4.69, 9.17) is 14.2 Å². The molecule has 2 aromatic rings. The molecule has 0 saturated carbocycles. The summed E-state index contributed by atoms with van der Waals surface area (Å²) in [5.41, 5.74) is 0. The van der Waals surface area contributed by atoms with Crippen LogP contribution < -0.4 is 9.47 Å². The van der Waals surface area contributed by atoms with Crippen LogP contribution in [-0.2, 0) is 14.8 Å². The Kier molecular flexibility index (Phi) is 6.56. The molecule has 3 rings (SSSR count). The van der Waals surface area contributed by atoms with Crippen molar-refractivity contribution in [2.24, 2.45) is 0 Å². The average Bonchev–Trinajstić information content (AvgIpc) is 2.70. The first-order valence-electron chi connectivity index (χ1n) is 9.19. The molecular formula is C20H25NO6S. The van der Waals surface area contributed by atoms with Gasteiger partial charge in [0.25, 0.3) is 0 Å². The van der Waals surface area contributed by atoms with E-state index < -0.39 is 16.1 Å². The maximum atomic E-state index is 13.0. The number of morpholine rings is 1. The fraction of sp³-hybridized carbons (Fsp3) is 0.400. The smallest absolute Gasteiger partial charge is 0.243 e. The second-order valence-electron chi connectivity index (χ2n) is 6.54. The zero-order valence-corrected chi connectivity index (χ0v) is 16.8. The van der Waals surface area contributed by atoms with Gasteiger partial charge in [-0.15, -0.1) is 0 Å². The van der Waals surface area contributed by atoms with Gasteiger partial charge in [0.05, 0.1) is 30.8 Å². The van der Waals surface area contributed by atoms with Gasteiger partial charge < -0.3 is 19.3 Å². The molecule has 2 aromatic carbocycles. The Hall–Kier alpha value is -2.13. The number of sulfonamides is 1. The summed E-state index contributed by atoms with van der Waals surface area (Å²) in [5, 5.41) is 9.28. The number of benzene rings is 2. The van der Waals surface area contributed by atoms with E-state index in [1.54, 1.807) is 31.2 Å². The Morgan fingerprint density at radius 3 is 2.21 bits per heavy atom. The molecule has 8 heteroatoms. The van der Waals surface area contributed by atoms with Crippen LogP contribution in [-0.4, -0.2) is 56.3 Å². The van der Waals surface area contributed by atoms with E-state index in [0.717, 1.165) is 5.75 Å². The maximum absolute atomic E-state index is 13.0.